The molecule has 1 saturated heterocycles. The van der Waals surface area contributed by atoms with E-state index in [1.165, 1.54) is 0 Å². The Balaban J connectivity index is 1.98. The van der Waals surface area contributed by atoms with E-state index in [1.807, 2.05) is 6.07 Å². The average molecular weight is 237 g/mol. The third-order valence-electron chi connectivity index (χ3n) is 3.49. The maximum absolute atomic E-state index is 12.8. The van der Waals surface area contributed by atoms with Gasteiger partial charge in [0.1, 0.15) is 6.67 Å². The normalized spacial score (nSPS) is 19.6. The second-order valence-electron chi connectivity index (χ2n) is 4.58. The van der Waals surface area contributed by atoms with Gasteiger partial charge < -0.3 is 14.8 Å². The minimum absolute atomic E-state index is 0.253. The molecule has 2 heterocycles. The van der Waals surface area contributed by atoms with Crippen LogP contribution in [0.4, 0.5) is 4.39 Å². The van der Waals surface area contributed by atoms with Gasteiger partial charge in [-0.05, 0) is 49.5 Å². The molecule has 0 atom stereocenters. The molecule has 1 N–H and O–H groups in total. The number of halogens is 1. The fourth-order valence-electron chi connectivity index (χ4n) is 2.61. The second-order valence-corrected chi connectivity index (χ2v) is 4.58. The lowest BCUT2D eigenvalue weighted by Gasteiger charge is -2.24. The Morgan fingerprint density at radius 1 is 1.24 bits per heavy atom. The van der Waals surface area contributed by atoms with E-state index >= 15 is 0 Å². The van der Waals surface area contributed by atoms with Gasteiger partial charge in [-0.25, -0.2) is 4.39 Å². The summed E-state index contributed by atoms with van der Waals surface area (Å²) in [4.78, 5) is 0. The molecule has 0 radical (unpaired) electrons. The number of benzene rings is 1. The van der Waals surface area contributed by atoms with Crippen LogP contribution in [-0.4, -0.2) is 19.9 Å². The topological polar surface area (TPSA) is 30.5 Å². The van der Waals surface area contributed by atoms with Crippen LogP contribution in [0.15, 0.2) is 12.1 Å². The first-order valence-electron chi connectivity index (χ1n) is 6.07. The molecule has 0 spiro atoms. The van der Waals surface area contributed by atoms with Gasteiger partial charge in [0.15, 0.2) is 11.5 Å². The number of nitrogens with one attached hydrogen (secondary N) is 1. The van der Waals surface area contributed by atoms with Gasteiger partial charge in [0.05, 0.1) is 0 Å². The summed E-state index contributed by atoms with van der Waals surface area (Å²) in [6.07, 6.45) is 2.15. The van der Waals surface area contributed by atoms with Crippen molar-refractivity contribution >= 4 is 0 Å². The molecule has 0 saturated carbocycles. The molecule has 1 aromatic rings. The summed E-state index contributed by atoms with van der Waals surface area (Å²) < 4.78 is 23.7. The van der Waals surface area contributed by atoms with Crippen molar-refractivity contribution in [3.8, 4) is 11.5 Å². The number of piperidine rings is 1. The summed E-state index contributed by atoms with van der Waals surface area (Å²) in [5, 5.41) is 3.33. The van der Waals surface area contributed by atoms with Gasteiger partial charge in [0, 0.05) is 5.56 Å². The average Bonchev–Trinajstić information content (AvgIpc) is 2.86. The Hall–Kier alpha value is -1.29. The van der Waals surface area contributed by atoms with Gasteiger partial charge in [0.25, 0.3) is 0 Å². The first-order valence-corrected chi connectivity index (χ1v) is 6.07. The van der Waals surface area contributed by atoms with Crippen LogP contribution in [0, 0.1) is 0 Å². The predicted molar refractivity (Wildman–Crippen MR) is 62.2 cm³/mol. The standard InChI is InChI=1S/C13H16FNO2/c14-7-9-5-11(10-1-3-15-4-2-10)13-12(6-9)16-8-17-13/h5-6,10,15H,1-4,7-8H2. The van der Waals surface area contributed by atoms with Crippen LogP contribution in [0.25, 0.3) is 0 Å². The lowest BCUT2D eigenvalue weighted by molar-refractivity contribution is 0.172. The van der Waals surface area contributed by atoms with Crippen LogP contribution in [0.3, 0.4) is 0 Å². The number of fused-ring (bicyclic) bond motifs is 1. The summed E-state index contributed by atoms with van der Waals surface area (Å²) in [6.45, 7) is 1.83. The Bertz CT molecular complexity index is 416. The Kier molecular flexibility index (Phi) is 2.89. The van der Waals surface area contributed by atoms with Gasteiger partial charge in [-0.15, -0.1) is 0 Å². The molecule has 0 aliphatic carbocycles. The van der Waals surface area contributed by atoms with Crippen LogP contribution in [0.5, 0.6) is 11.5 Å². The largest absolute Gasteiger partial charge is 0.454 e. The third kappa shape index (κ3) is 1.97. The molecular formula is C13H16FNO2. The first-order chi connectivity index (χ1) is 8.38. The molecule has 3 nitrogen and oxygen atoms in total. The molecule has 1 aromatic carbocycles. The van der Waals surface area contributed by atoms with E-state index in [0.717, 1.165) is 37.2 Å². The number of hydrogen-bond acceptors (Lipinski definition) is 3. The highest BCUT2D eigenvalue weighted by Crippen LogP contribution is 2.42. The van der Waals surface area contributed by atoms with Gasteiger partial charge in [-0.3, -0.25) is 0 Å². The van der Waals surface area contributed by atoms with Gasteiger partial charge >= 0.3 is 0 Å². The zero-order valence-electron chi connectivity index (χ0n) is 9.67. The molecule has 4 heteroatoms. The molecule has 0 bridgehead atoms. The highest BCUT2D eigenvalue weighted by atomic mass is 19.1. The lowest BCUT2D eigenvalue weighted by Crippen LogP contribution is -2.26. The van der Waals surface area contributed by atoms with Crippen molar-refractivity contribution in [2.75, 3.05) is 19.9 Å². The summed E-state index contributed by atoms with van der Waals surface area (Å²) in [7, 11) is 0. The minimum Gasteiger partial charge on any atom is -0.454 e. The van der Waals surface area contributed by atoms with E-state index in [1.54, 1.807) is 6.07 Å². The van der Waals surface area contributed by atoms with Crippen LogP contribution in [-0.2, 0) is 6.67 Å². The number of rotatable bonds is 2. The maximum atomic E-state index is 12.8. The third-order valence-corrected chi connectivity index (χ3v) is 3.49. The molecule has 0 unspecified atom stereocenters. The van der Waals surface area contributed by atoms with E-state index < -0.39 is 6.67 Å². The van der Waals surface area contributed by atoms with Crippen LogP contribution >= 0.6 is 0 Å². The molecule has 92 valence electrons. The minimum atomic E-state index is -0.450. The number of ether oxygens (including phenoxy) is 2. The summed E-state index contributed by atoms with van der Waals surface area (Å²) in [5.41, 5.74) is 1.80. The lowest BCUT2D eigenvalue weighted by atomic mass is 9.88. The maximum Gasteiger partial charge on any atom is 0.231 e. The van der Waals surface area contributed by atoms with Crippen LogP contribution in [0.1, 0.15) is 29.9 Å². The summed E-state index contributed by atoms with van der Waals surface area (Å²) in [5.74, 6) is 1.99. The van der Waals surface area contributed by atoms with Crippen molar-refractivity contribution in [1.82, 2.24) is 5.32 Å². The van der Waals surface area contributed by atoms with Crippen molar-refractivity contribution in [2.45, 2.75) is 25.4 Å². The van der Waals surface area contributed by atoms with Crippen LogP contribution in [0.2, 0.25) is 0 Å². The number of alkyl halides is 1. The molecule has 1 fully saturated rings. The first kappa shape index (κ1) is 10.8. The van der Waals surface area contributed by atoms with Crippen LogP contribution < -0.4 is 14.8 Å². The molecule has 2 aliphatic rings. The van der Waals surface area contributed by atoms with Gasteiger partial charge in [-0.2, -0.15) is 0 Å². The number of hydrogen-bond donors (Lipinski definition) is 1. The molecule has 17 heavy (non-hydrogen) atoms. The molecule has 2 aliphatic heterocycles. The fourth-order valence-corrected chi connectivity index (χ4v) is 2.61. The fraction of sp³-hybridized carbons (Fsp3) is 0.538. The van der Waals surface area contributed by atoms with Gasteiger partial charge in [-0.1, -0.05) is 0 Å². The quantitative estimate of drug-likeness (QED) is 0.856. The van der Waals surface area contributed by atoms with E-state index in [4.69, 9.17) is 9.47 Å². The summed E-state index contributed by atoms with van der Waals surface area (Å²) >= 11 is 0. The molecule has 3 rings (SSSR count). The molecule has 0 aromatic heterocycles. The molecule has 0 amide bonds. The van der Waals surface area contributed by atoms with E-state index in [-0.39, 0.29) is 6.79 Å². The van der Waals surface area contributed by atoms with Gasteiger partial charge in [0.2, 0.25) is 6.79 Å². The highest BCUT2D eigenvalue weighted by Gasteiger charge is 2.25. The Labute approximate surface area is 99.9 Å². The monoisotopic (exact) mass is 237 g/mol. The summed E-state index contributed by atoms with van der Waals surface area (Å²) in [6, 6.07) is 3.68. The smallest absolute Gasteiger partial charge is 0.231 e. The highest BCUT2D eigenvalue weighted by molar-refractivity contribution is 5.52. The van der Waals surface area contributed by atoms with E-state index in [9.17, 15) is 4.39 Å². The SMILES string of the molecule is FCc1cc2c(c(C3CCNCC3)c1)OCO2. The Morgan fingerprint density at radius 3 is 2.82 bits per heavy atom. The zero-order chi connectivity index (χ0) is 11.7. The zero-order valence-corrected chi connectivity index (χ0v) is 9.67. The van der Waals surface area contributed by atoms with Crippen molar-refractivity contribution in [3.05, 3.63) is 23.3 Å². The Morgan fingerprint density at radius 2 is 2.06 bits per heavy atom. The van der Waals surface area contributed by atoms with E-state index in [0.29, 0.717) is 17.2 Å². The molecular weight excluding hydrogens is 221 g/mol. The second kappa shape index (κ2) is 4.53. The van der Waals surface area contributed by atoms with Crippen molar-refractivity contribution in [1.29, 1.82) is 0 Å². The van der Waals surface area contributed by atoms with E-state index in [2.05, 4.69) is 5.32 Å². The predicted octanol–water partition coefficient (Wildman–Crippen LogP) is 2.35. The van der Waals surface area contributed by atoms with Crippen molar-refractivity contribution in [2.24, 2.45) is 0 Å². The van der Waals surface area contributed by atoms with Crippen molar-refractivity contribution in [3.63, 3.8) is 0 Å². The van der Waals surface area contributed by atoms with Crippen molar-refractivity contribution < 1.29 is 13.9 Å².